The van der Waals surface area contributed by atoms with Gasteiger partial charge in [0, 0.05) is 30.4 Å². The van der Waals surface area contributed by atoms with Crippen molar-refractivity contribution in [2.75, 3.05) is 18.0 Å². The SMILES string of the molecule is CCN(CC)c1ccc(C=C(F)B2OC(C)(C)C(C)(C)O2)c(O)c1. The maximum Gasteiger partial charge on any atom is 0.525 e. The molecule has 1 aliphatic rings. The van der Waals surface area contributed by atoms with Crippen LogP contribution in [0.1, 0.15) is 47.1 Å². The molecule has 0 amide bonds. The second-order valence-electron chi connectivity index (χ2n) is 7.03. The number of nitrogens with zero attached hydrogens (tertiary/aromatic N) is 1. The van der Waals surface area contributed by atoms with E-state index in [9.17, 15) is 9.50 Å². The zero-order valence-electron chi connectivity index (χ0n) is 15.4. The van der Waals surface area contributed by atoms with Crippen molar-refractivity contribution in [3.8, 4) is 5.75 Å². The van der Waals surface area contributed by atoms with Crippen LogP contribution in [0.2, 0.25) is 0 Å². The van der Waals surface area contributed by atoms with Crippen molar-refractivity contribution in [3.05, 3.63) is 29.5 Å². The van der Waals surface area contributed by atoms with E-state index in [4.69, 9.17) is 9.31 Å². The van der Waals surface area contributed by atoms with Crippen LogP contribution in [-0.4, -0.2) is 36.5 Å². The van der Waals surface area contributed by atoms with Gasteiger partial charge in [-0.2, -0.15) is 0 Å². The molecule has 1 aromatic carbocycles. The molecule has 0 atom stereocenters. The molecule has 0 radical (unpaired) electrons. The molecular formula is C18H27BFNO3. The lowest BCUT2D eigenvalue weighted by Crippen LogP contribution is -2.41. The summed E-state index contributed by atoms with van der Waals surface area (Å²) in [5.41, 5.74) is -0.446. The van der Waals surface area contributed by atoms with E-state index in [1.54, 1.807) is 12.1 Å². The number of halogens is 1. The molecule has 1 aliphatic heterocycles. The predicted octanol–water partition coefficient (Wildman–Crippen LogP) is 4.18. The fourth-order valence-electron chi connectivity index (χ4n) is 2.61. The average Bonchev–Trinajstić information content (AvgIpc) is 2.71. The highest BCUT2D eigenvalue weighted by Gasteiger charge is 2.53. The van der Waals surface area contributed by atoms with Crippen LogP contribution in [0.3, 0.4) is 0 Å². The molecular weight excluding hydrogens is 308 g/mol. The number of hydrogen-bond donors (Lipinski definition) is 1. The van der Waals surface area contributed by atoms with Crippen molar-refractivity contribution in [2.45, 2.75) is 52.7 Å². The highest BCUT2D eigenvalue weighted by atomic mass is 19.1. The van der Waals surface area contributed by atoms with E-state index in [1.165, 1.54) is 6.08 Å². The number of benzene rings is 1. The van der Waals surface area contributed by atoms with Gasteiger partial charge < -0.3 is 19.3 Å². The Labute approximate surface area is 144 Å². The molecule has 132 valence electrons. The molecule has 1 N–H and O–H groups in total. The lowest BCUT2D eigenvalue weighted by atomic mass is 9.86. The van der Waals surface area contributed by atoms with Crippen LogP contribution >= 0.6 is 0 Å². The monoisotopic (exact) mass is 335 g/mol. The summed E-state index contributed by atoms with van der Waals surface area (Å²) in [7, 11) is -1.06. The van der Waals surface area contributed by atoms with Gasteiger partial charge in [0.25, 0.3) is 0 Å². The highest BCUT2D eigenvalue weighted by Crippen LogP contribution is 2.39. The van der Waals surface area contributed by atoms with E-state index in [0.717, 1.165) is 18.8 Å². The van der Waals surface area contributed by atoms with Crippen molar-refractivity contribution in [1.29, 1.82) is 0 Å². The Hall–Kier alpha value is -1.53. The van der Waals surface area contributed by atoms with E-state index in [2.05, 4.69) is 4.90 Å². The molecule has 1 aromatic rings. The Bertz CT molecular complexity index is 611. The van der Waals surface area contributed by atoms with Crippen LogP contribution in [0.15, 0.2) is 23.9 Å². The van der Waals surface area contributed by atoms with Crippen molar-refractivity contribution in [2.24, 2.45) is 0 Å². The van der Waals surface area contributed by atoms with Gasteiger partial charge in [0.2, 0.25) is 0 Å². The van der Waals surface area contributed by atoms with E-state index in [-0.39, 0.29) is 5.75 Å². The van der Waals surface area contributed by atoms with Gasteiger partial charge >= 0.3 is 7.12 Å². The van der Waals surface area contributed by atoms with Crippen LogP contribution in [0.4, 0.5) is 10.1 Å². The standard InChI is InChI=1S/C18H27BFNO3/c1-7-21(8-2)14-10-9-13(15(22)12-14)11-16(20)19-23-17(3,4)18(5,6)24-19/h9-12,22H,7-8H2,1-6H3. The van der Waals surface area contributed by atoms with Crippen molar-refractivity contribution < 1.29 is 18.8 Å². The molecule has 0 spiro atoms. The minimum atomic E-state index is -1.06. The van der Waals surface area contributed by atoms with Gasteiger partial charge in [0.1, 0.15) is 11.5 Å². The van der Waals surface area contributed by atoms with Crippen molar-refractivity contribution in [3.63, 3.8) is 0 Å². The normalized spacial score (nSPS) is 19.6. The van der Waals surface area contributed by atoms with E-state index >= 15 is 0 Å². The molecule has 0 saturated carbocycles. The van der Waals surface area contributed by atoms with Crippen LogP contribution in [-0.2, 0) is 9.31 Å². The summed E-state index contributed by atoms with van der Waals surface area (Å²) in [5, 5.41) is 10.2. The molecule has 1 fully saturated rings. The first kappa shape index (κ1) is 18.8. The Morgan fingerprint density at radius 1 is 1.17 bits per heavy atom. The van der Waals surface area contributed by atoms with Gasteiger partial charge in [-0.1, -0.05) is 0 Å². The second kappa shape index (κ2) is 6.77. The fourth-order valence-corrected chi connectivity index (χ4v) is 2.61. The predicted molar refractivity (Wildman–Crippen MR) is 96.8 cm³/mol. The smallest absolute Gasteiger partial charge is 0.507 e. The van der Waals surface area contributed by atoms with E-state index < -0.39 is 24.0 Å². The first-order valence-electron chi connectivity index (χ1n) is 8.42. The van der Waals surface area contributed by atoms with E-state index in [0.29, 0.717) is 5.56 Å². The highest BCUT2D eigenvalue weighted by molar-refractivity contribution is 6.54. The number of phenolic OH excluding ortho intramolecular Hbond substituents is 1. The quantitative estimate of drug-likeness (QED) is 0.820. The Morgan fingerprint density at radius 3 is 2.17 bits per heavy atom. The molecule has 1 heterocycles. The van der Waals surface area contributed by atoms with Gasteiger partial charge in [-0.05, 0) is 59.8 Å². The minimum Gasteiger partial charge on any atom is -0.507 e. The van der Waals surface area contributed by atoms with Gasteiger partial charge in [0.05, 0.1) is 11.2 Å². The maximum atomic E-state index is 14.5. The second-order valence-corrected chi connectivity index (χ2v) is 7.03. The molecule has 6 heteroatoms. The molecule has 0 aliphatic carbocycles. The van der Waals surface area contributed by atoms with Crippen LogP contribution in [0.5, 0.6) is 5.75 Å². The Kier molecular flexibility index (Phi) is 5.30. The summed E-state index contributed by atoms with van der Waals surface area (Å²) in [6.45, 7) is 13.3. The molecule has 4 nitrogen and oxygen atoms in total. The van der Waals surface area contributed by atoms with E-state index in [1.807, 2.05) is 47.6 Å². The first-order chi connectivity index (χ1) is 11.1. The minimum absolute atomic E-state index is 0.0334. The molecule has 0 bridgehead atoms. The van der Waals surface area contributed by atoms with Crippen molar-refractivity contribution in [1.82, 2.24) is 0 Å². The average molecular weight is 335 g/mol. The Morgan fingerprint density at radius 2 is 1.71 bits per heavy atom. The molecule has 24 heavy (non-hydrogen) atoms. The topological polar surface area (TPSA) is 41.9 Å². The van der Waals surface area contributed by atoms with Crippen LogP contribution in [0.25, 0.3) is 6.08 Å². The third-order valence-corrected chi connectivity index (χ3v) is 4.91. The zero-order valence-corrected chi connectivity index (χ0v) is 15.4. The zero-order chi connectivity index (χ0) is 18.1. The summed E-state index contributed by atoms with van der Waals surface area (Å²) in [5.74, 6) is 0.0334. The van der Waals surface area contributed by atoms with Crippen LogP contribution in [0, 0.1) is 0 Å². The van der Waals surface area contributed by atoms with Gasteiger partial charge in [-0.25, -0.2) is 4.39 Å². The Balaban J connectivity index is 2.22. The number of phenols is 1. The lowest BCUT2D eigenvalue weighted by Gasteiger charge is -2.32. The molecule has 2 rings (SSSR count). The molecule has 0 unspecified atom stereocenters. The fraction of sp³-hybridized carbons (Fsp3) is 0.556. The summed E-state index contributed by atoms with van der Waals surface area (Å²) in [6.07, 6.45) is 1.27. The summed E-state index contributed by atoms with van der Waals surface area (Å²) >= 11 is 0. The third-order valence-electron chi connectivity index (χ3n) is 4.91. The van der Waals surface area contributed by atoms with Gasteiger partial charge in [-0.15, -0.1) is 0 Å². The first-order valence-corrected chi connectivity index (χ1v) is 8.42. The molecule has 0 aromatic heterocycles. The van der Waals surface area contributed by atoms with Crippen LogP contribution < -0.4 is 4.90 Å². The maximum absolute atomic E-state index is 14.5. The van der Waals surface area contributed by atoms with Crippen molar-refractivity contribution >= 4 is 18.9 Å². The van der Waals surface area contributed by atoms with Gasteiger partial charge in [-0.3, -0.25) is 0 Å². The lowest BCUT2D eigenvalue weighted by molar-refractivity contribution is 0.00578. The number of rotatable bonds is 5. The summed E-state index contributed by atoms with van der Waals surface area (Å²) in [4.78, 5) is 2.11. The van der Waals surface area contributed by atoms with Gasteiger partial charge in [0.15, 0.2) is 0 Å². The summed E-state index contributed by atoms with van der Waals surface area (Å²) < 4.78 is 25.9. The number of hydrogen-bond acceptors (Lipinski definition) is 4. The largest absolute Gasteiger partial charge is 0.525 e. The number of anilines is 1. The number of aromatic hydroxyl groups is 1. The molecule has 1 saturated heterocycles. The summed E-state index contributed by atoms with van der Waals surface area (Å²) in [6, 6.07) is 5.22. The third kappa shape index (κ3) is 3.60.